The van der Waals surface area contributed by atoms with Crippen molar-refractivity contribution in [2.45, 2.75) is 64.2 Å². The van der Waals surface area contributed by atoms with Gasteiger partial charge in [0.2, 0.25) is 22.1 Å². The second-order valence-corrected chi connectivity index (χ2v) is 8.27. The number of aromatic nitrogens is 4. The average molecular weight is 395 g/mol. The average Bonchev–Trinajstić information content (AvgIpc) is 3.31. The topological polar surface area (TPSA) is 110 Å². The van der Waals surface area contributed by atoms with Gasteiger partial charge >= 0.3 is 0 Å². The lowest BCUT2D eigenvalue weighted by molar-refractivity contribution is -0.116. The Kier molecular flexibility index (Phi) is 6.25. The van der Waals surface area contributed by atoms with Crippen LogP contribution < -0.4 is 10.6 Å². The summed E-state index contributed by atoms with van der Waals surface area (Å²) in [5, 5.41) is 25.3. The largest absolute Gasteiger partial charge is 0.301 e. The molecule has 0 aromatic carbocycles. The zero-order chi connectivity index (χ0) is 18.5. The number of carbonyl (C=O) groups excluding carboxylic acids is 2. The van der Waals surface area contributed by atoms with E-state index in [2.05, 4.69) is 31.0 Å². The number of amides is 2. The first-order chi connectivity index (χ1) is 12.6. The number of nitrogens with zero attached hydrogens (tertiary/aromatic N) is 4. The van der Waals surface area contributed by atoms with Crippen molar-refractivity contribution in [3.8, 4) is 0 Å². The Morgan fingerprint density at radius 3 is 1.77 bits per heavy atom. The van der Waals surface area contributed by atoms with Crippen LogP contribution in [0.4, 0.5) is 10.3 Å². The molecule has 2 unspecified atom stereocenters. The van der Waals surface area contributed by atoms with Crippen LogP contribution in [0.3, 0.4) is 0 Å². The molecule has 26 heavy (non-hydrogen) atoms. The molecule has 3 rings (SSSR count). The Hall–Kier alpha value is -1.94. The van der Waals surface area contributed by atoms with Gasteiger partial charge in [0.25, 0.3) is 0 Å². The van der Waals surface area contributed by atoms with E-state index in [4.69, 9.17) is 0 Å². The molecule has 10 heteroatoms. The predicted octanol–water partition coefficient (Wildman–Crippen LogP) is 3.53. The molecule has 2 N–H and O–H groups in total. The first-order valence-corrected chi connectivity index (χ1v) is 10.5. The van der Waals surface area contributed by atoms with E-state index in [1.807, 2.05) is 13.8 Å². The number of hydrogen-bond donors (Lipinski definition) is 2. The summed E-state index contributed by atoms with van der Waals surface area (Å²) in [6.07, 6.45) is 4.99. The minimum atomic E-state index is -0.0512. The summed E-state index contributed by atoms with van der Waals surface area (Å²) in [5.74, 6) is 0.529. The Balaban J connectivity index is 1.64. The van der Waals surface area contributed by atoms with Crippen molar-refractivity contribution >= 4 is 44.8 Å². The number of hydrogen-bond acceptors (Lipinski definition) is 8. The number of nitrogens with one attached hydrogen (secondary N) is 2. The molecule has 0 bridgehead atoms. The van der Waals surface area contributed by atoms with Crippen LogP contribution in [0, 0.1) is 0 Å². The van der Waals surface area contributed by atoms with Gasteiger partial charge in [-0.15, -0.1) is 20.4 Å². The van der Waals surface area contributed by atoms with E-state index in [9.17, 15) is 9.59 Å². The van der Waals surface area contributed by atoms with Crippen LogP contribution in [0.2, 0.25) is 0 Å². The van der Waals surface area contributed by atoms with E-state index in [0.717, 1.165) is 35.7 Å². The molecule has 0 aliphatic heterocycles. The molecule has 2 aromatic rings. The van der Waals surface area contributed by atoms with E-state index in [1.54, 1.807) is 0 Å². The first-order valence-electron chi connectivity index (χ1n) is 8.85. The quantitative estimate of drug-likeness (QED) is 0.775. The van der Waals surface area contributed by atoms with Crippen molar-refractivity contribution < 1.29 is 9.59 Å². The van der Waals surface area contributed by atoms with Gasteiger partial charge in [0.1, 0.15) is 10.0 Å². The van der Waals surface area contributed by atoms with Gasteiger partial charge in [-0.05, 0) is 19.3 Å². The zero-order valence-electron chi connectivity index (χ0n) is 14.8. The molecule has 2 aromatic heterocycles. The second kappa shape index (κ2) is 8.63. The van der Waals surface area contributed by atoms with Crippen molar-refractivity contribution in [1.29, 1.82) is 0 Å². The Labute approximate surface area is 159 Å². The third kappa shape index (κ3) is 4.61. The molecule has 140 valence electrons. The SMILES string of the molecule is CCC(=O)Nc1nnc(C2CCCC(c3nnc(NC(=O)CC)s3)C2)s1. The standard InChI is InChI=1S/C16H22N6O2S2/c1-3-11(23)17-15-21-19-13(25-15)9-6-5-7-10(8-9)14-20-22-16(26-14)18-12(24)4-2/h9-10H,3-8H2,1-2H3,(H,17,21,23)(H,18,22,24). The van der Waals surface area contributed by atoms with Crippen molar-refractivity contribution in [2.75, 3.05) is 10.6 Å². The molecule has 1 fully saturated rings. The zero-order valence-corrected chi connectivity index (χ0v) is 16.5. The Bertz CT molecular complexity index is 712. The van der Waals surface area contributed by atoms with Crippen molar-refractivity contribution in [3.05, 3.63) is 10.0 Å². The summed E-state index contributed by atoms with van der Waals surface area (Å²) in [6, 6.07) is 0. The van der Waals surface area contributed by atoms with Crippen molar-refractivity contribution in [3.63, 3.8) is 0 Å². The molecule has 0 saturated heterocycles. The van der Waals surface area contributed by atoms with E-state index >= 15 is 0 Å². The fourth-order valence-corrected chi connectivity index (χ4v) is 4.77. The van der Waals surface area contributed by atoms with Gasteiger partial charge in [-0.3, -0.25) is 9.59 Å². The third-order valence-corrected chi connectivity index (χ3v) is 6.39. The van der Waals surface area contributed by atoms with Gasteiger partial charge in [-0.2, -0.15) is 0 Å². The van der Waals surface area contributed by atoms with Crippen molar-refractivity contribution in [1.82, 2.24) is 20.4 Å². The second-order valence-electron chi connectivity index (χ2n) is 6.25. The molecular formula is C16H22N6O2S2. The van der Waals surface area contributed by atoms with E-state index in [1.165, 1.54) is 22.7 Å². The number of anilines is 2. The van der Waals surface area contributed by atoms with Crippen LogP contribution in [-0.4, -0.2) is 32.2 Å². The summed E-state index contributed by atoms with van der Waals surface area (Å²) in [7, 11) is 0. The Morgan fingerprint density at radius 2 is 1.35 bits per heavy atom. The smallest absolute Gasteiger partial charge is 0.225 e. The number of carbonyl (C=O) groups is 2. The minimum absolute atomic E-state index is 0.0512. The normalized spacial score (nSPS) is 19.9. The number of rotatable bonds is 6. The van der Waals surface area contributed by atoms with Crippen LogP contribution >= 0.6 is 22.7 Å². The predicted molar refractivity (Wildman–Crippen MR) is 102 cm³/mol. The van der Waals surface area contributed by atoms with Gasteiger partial charge < -0.3 is 10.6 Å². The molecule has 1 aliphatic rings. The lowest BCUT2D eigenvalue weighted by Gasteiger charge is -2.25. The van der Waals surface area contributed by atoms with E-state index < -0.39 is 0 Å². The van der Waals surface area contributed by atoms with Crippen LogP contribution in [0.15, 0.2) is 0 Å². The molecule has 1 aliphatic carbocycles. The third-order valence-electron chi connectivity index (χ3n) is 4.39. The summed E-state index contributed by atoms with van der Waals surface area (Å²) in [6.45, 7) is 3.62. The maximum Gasteiger partial charge on any atom is 0.225 e. The molecule has 2 atom stereocenters. The van der Waals surface area contributed by atoms with E-state index in [-0.39, 0.29) is 11.8 Å². The van der Waals surface area contributed by atoms with Gasteiger partial charge in [0.15, 0.2) is 0 Å². The van der Waals surface area contributed by atoms with Crippen LogP contribution in [0.25, 0.3) is 0 Å². The van der Waals surface area contributed by atoms with E-state index in [0.29, 0.717) is 34.9 Å². The Morgan fingerprint density at radius 1 is 0.885 bits per heavy atom. The molecule has 0 radical (unpaired) electrons. The highest BCUT2D eigenvalue weighted by Gasteiger charge is 2.29. The minimum Gasteiger partial charge on any atom is -0.301 e. The fraction of sp³-hybridized carbons (Fsp3) is 0.625. The fourth-order valence-electron chi connectivity index (χ4n) is 2.95. The summed E-state index contributed by atoms with van der Waals surface area (Å²) >= 11 is 2.91. The maximum absolute atomic E-state index is 11.5. The lowest BCUT2D eigenvalue weighted by Crippen LogP contribution is -2.12. The highest BCUT2D eigenvalue weighted by Crippen LogP contribution is 2.43. The molecule has 1 saturated carbocycles. The summed E-state index contributed by atoms with van der Waals surface area (Å²) < 4.78 is 0. The lowest BCUT2D eigenvalue weighted by atomic mass is 9.82. The van der Waals surface area contributed by atoms with Gasteiger partial charge in [0, 0.05) is 24.7 Å². The first kappa shape index (κ1) is 18.8. The van der Waals surface area contributed by atoms with Crippen LogP contribution in [-0.2, 0) is 9.59 Å². The highest BCUT2D eigenvalue weighted by molar-refractivity contribution is 7.15. The molecule has 2 amide bonds. The molecule has 0 spiro atoms. The van der Waals surface area contributed by atoms with Gasteiger partial charge in [0.05, 0.1) is 0 Å². The summed E-state index contributed by atoms with van der Waals surface area (Å²) in [4.78, 5) is 23.0. The molecular weight excluding hydrogens is 372 g/mol. The maximum atomic E-state index is 11.5. The van der Waals surface area contributed by atoms with Crippen LogP contribution in [0.5, 0.6) is 0 Å². The van der Waals surface area contributed by atoms with Gasteiger partial charge in [-0.25, -0.2) is 0 Å². The molecule has 8 nitrogen and oxygen atoms in total. The van der Waals surface area contributed by atoms with Gasteiger partial charge in [-0.1, -0.05) is 42.9 Å². The van der Waals surface area contributed by atoms with Crippen LogP contribution in [0.1, 0.15) is 74.2 Å². The monoisotopic (exact) mass is 394 g/mol. The highest BCUT2D eigenvalue weighted by atomic mass is 32.1. The molecule has 2 heterocycles. The van der Waals surface area contributed by atoms with Crippen molar-refractivity contribution in [2.24, 2.45) is 0 Å². The summed E-state index contributed by atoms with van der Waals surface area (Å²) in [5.41, 5.74) is 0.